The molecule has 0 saturated heterocycles. The molecule has 2 nitrogen and oxygen atoms in total. The molecule has 0 aromatic heterocycles. The Kier molecular flexibility index (Phi) is 4.26. The average Bonchev–Trinajstić information content (AvgIpc) is 3.31. The third-order valence-electron chi connectivity index (χ3n) is 4.15. The van der Waals surface area contributed by atoms with Crippen molar-refractivity contribution in [1.82, 2.24) is 5.32 Å². The lowest BCUT2D eigenvalue weighted by Gasteiger charge is -2.12. The first-order valence-corrected chi connectivity index (χ1v) is 7.72. The van der Waals surface area contributed by atoms with Crippen LogP contribution in [0.3, 0.4) is 0 Å². The van der Waals surface area contributed by atoms with Crippen LogP contribution in [0.2, 0.25) is 0 Å². The minimum Gasteiger partial charge on any atom is -0.489 e. The van der Waals surface area contributed by atoms with E-state index in [0.717, 1.165) is 18.3 Å². The number of rotatable bonds is 6. The van der Waals surface area contributed by atoms with E-state index in [1.807, 2.05) is 6.07 Å². The molecule has 1 fully saturated rings. The van der Waals surface area contributed by atoms with Gasteiger partial charge in [-0.05, 0) is 61.1 Å². The minimum atomic E-state index is 0.630. The van der Waals surface area contributed by atoms with E-state index in [4.69, 9.17) is 4.74 Å². The maximum absolute atomic E-state index is 5.96. The predicted octanol–water partition coefficient (Wildman–Crippen LogP) is 4.13. The quantitative estimate of drug-likeness (QED) is 0.859. The van der Waals surface area contributed by atoms with Crippen LogP contribution in [0.15, 0.2) is 42.5 Å². The summed E-state index contributed by atoms with van der Waals surface area (Å²) in [6.45, 7) is 5.82. The zero-order valence-corrected chi connectivity index (χ0v) is 12.9. The summed E-state index contributed by atoms with van der Waals surface area (Å²) in [5.41, 5.74) is 5.18. The van der Waals surface area contributed by atoms with Gasteiger partial charge in [0, 0.05) is 12.6 Å². The van der Waals surface area contributed by atoms with E-state index in [-0.39, 0.29) is 0 Å². The van der Waals surface area contributed by atoms with E-state index in [1.54, 1.807) is 0 Å². The normalized spacial score (nSPS) is 14.2. The molecule has 0 spiro atoms. The van der Waals surface area contributed by atoms with Gasteiger partial charge < -0.3 is 10.1 Å². The number of ether oxygens (including phenoxy) is 1. The van der Waals surface area contributed by atoms with Gasteiger partial charge in [-0.25, -0.2) is 0 Å². The topological polar surface area (TPSA) is 21.3 Å². The van der Waals surface area contributed by atoms with Crippen molar-refractivity contribution in [3.63, 3.8) is 0 Å². The third-order valence-corrected chi connectivity index (χ3v) is 4.15. The van der Waals surface area contributed by atoms with Gasteiger partial charge in [-0.15, -0.1) is 0 Å². The molecular weight excluding hydrogens is 258 g/mol. The monoisotopic (exact) mass is 281 g/mol. The van der Waals surface area contributed by atoms with Crippen LogP contribution in [0.1, 0.15) is 35.1 Å². The van der Waals surface area contributed by atoms with Crippen molar-refractivity contribution < 1.29 is 4.74 Å². The molecular formula is C19H23NO. The van der Waals surface area contributed by atoms with Gasteiger partial charge in [0.1, 0.15) is 12.4 Å². The lowest BCUT2D eigenvalue weighted by atomic mass is 10.1. The summed E-state index contributed by atoms with van der Waals surface area (Å²) in [6, 6.07) is 15.5. The molecule has 2 heteroatoms. The fourth-order valence-electron chi connectivity index (χ4n) is 2.38. The fraction of sp³-hybridized carbons (Fsp3) is 0.368. The van der Waals surface area contributed by atoms with Gasteiger partial charge in [0.25, 0.3) is 0 Å². The SMILES string of the molecule is Cc1ccc(OCc2ccccc2CNC2CC2)cc1C. The highest BCUT2D eigenvalue weighted by atomic mass is 16.5. The Morgan fingerprint density at radius 3 is 2.48 bits per heavy atom. The third kappa shape index (κ3) is 3.85. The molecule has 1 aliphatic carbocycles. The summed E-state index contributed by atoms with van der Waals surface area (Å²) in [5, 5.41) is 3.57. The van der Waals surface area contributed by atoms with Crippen LogP contribution in [0.5, 0.6) is 5.75 Å². The van der Waals surface area contributed by atoms with Crippen LogP contribution >= 0.6 is 0 Å². The summed E-state index contributed by atoms with van der Waals surface area (Å²) in [5.74, 6) is 0.947. The number of hydrogen-bond donors (Lipinski definition) is 1. The van der Waals surface area contributed by atoms with Crippen molar-refractivity contribution in [2.24, 2.45) is 0 Å². The highest BCUT2D eigenvalue weighted by Crippen LogP contribution is 2.21. The molecule has 0 radical (unpaired) electrons. The maximum atomic E-state index is 5.96. The van der Waals surface area contributed by atoms with Gasteiger partial charge in [-0.1, -0.05) is 30.3 Å². The second-order valence-corrected chi connectivity index (χ2v) is 5.96. The summed E-state index contributed by atoms with van der Waals surface area (Å²) in [7, 11) is 0. The Hall–Kier alpha value is -1.80. The van der Waals surface area contributed by atoms with Crippen molar-refractivity contribution in [2.75, 3.05) is 0 Å². The van der Waals surface area contributed by atoms with Crippen molar-refractivity contribution in [1.29, 1.82) is 0 Å². The molecule has 0 atom stereocenters. The highest BCUT2D eigenvalue weighted by Gasteiger charge is 2.20. The molecule has 0 aliphatic heterocycles. The molecule has 1 aliphatic rings. The molecule has 21 heavy (non-hydrogen) atoms. The van der Waals surface area contributed by atoms with Gasteiger partial charge in [0.05, 0.1) is 0 Å². The molecule has 0 unspecified atom stereocenters. The Balaban J connectivity index is 1.64. The fourth-order valence-corrected chi connectivity index (χ4v) is 2.38. The number of benzene rings is 2. The van der Waals surface area contributed by atoms with Crippen LogP contribution in [0.4, 0.5) is 0 Å². The van der Waals surface area contributed by atoms with Gasteiger partial charge in [-0.3, -0.25) is 0 Å². The van der Waals surface area contributed by atoms with Crippen molar-refractivity contribution >= 4 is 0 Å². The van der Waals surface area contributed by atoms with E-state index in [2.05, 4.69) is 55.6 Å². The van der Waals surface area contributed by atoms with Crippen LogP contribution in [-0.2, 0) is 13.2 Å². The zero-order valence-electron chi connectivity index (χ0n) is 12.9. The van der Waals surface area contributed by atoms with Crippen LogP contribution in [-0.4, -0.2) is 6.04 Å². The molecule has 110 valence electrons. The summed E-state index contributed by atoms with van der Waals surface area (Å²) >= 11 is 0. The van der Waals surface area contributed by atoms with E-state index < -0.39 is 0 Å². The molecule has 3 rings (SSSR count). The molecule has 1 saturated carbocycles. The van der Waals surface area contributed by atoms with Gasteiger partial charge >= 0.3 is 0 Å². The predicted molar refractivity (Wildman–Crippen MR) is 86.6 cm³/mol. The summed E-state index contributed by atoms with van der Waals surface area (Å²) < 4.78 is 5.96. The molecule has 1 N–H and O–H groups in total. The number of aryl methyl sites for hydroxylation is 2. The van der Waals surface area contributed by atoms with E-state index in [1.165, 1.54) is 35.1 Å². The molecule has 0 amide bonds. The van der Waals surface area contributed by atoms with Gasteiger partial charge in [0.15, 0.2) is 0 Å². The highest BCUT2D eigenvalue weighted by molar-refractivity contribution is 5.34. The maximum Gasteiger partial charge on any atom is 0.120 e. The Bertz CT molecular complexity index is 617. The first-order chi connectivity index (χ1) is 10.2. The van der Waals surface area contributed by atoms with Gasteiger partial charge in [-0.2, -0.15) is 0 Å². The van der Waals surface area contributed by atoms with Crippen LogP contribution in [0.25, 0.3) is 0 Å². The molecule has 0 bridgehead atoms. The largest absolute Gasteiger partial charge is 0.489 e. The van der Waals surface area contributed by atoms with Crippen molar-refractivity contribution in [2.45, 2.75) is 45.9 Å². The number of nitrogens with one attached hydrogen (secondary N) is 1. The van der Waals surface area contributed by atoms with Gasteiger partial charge in [0.2, 0.25) is 0 Å². The zero-order chi connectivity index (χ0) is 14.7. The summed E-state index contributed by atoms with van der Waals surface area (Å²) in [4.78, 5) is 0. The lowest BCUT2D eigenvalue weighted by molar-refractivity contribution is 0.304. The molecule has 2 aromatic rings. The van der Waals surface area contributed by atoms with E-state index >= 15 is 0 Å². The Morgan fingerprint density at radius 1 is 1.00 bits per heavy atom. The van der Waals surface area contributed by atoms with Crippen LogP contribution < -0.4 is 10.1 Å². The standard InChI is InChI=1S/C19H23NO/c1-14-7-10-19(11-15(14)2)21-13-17-6-4-3-5-16(17)12-20-18-8-9-18/h3-7,10-11,18,20H,8-9,12-13H2,1-2H3. The molecule has 0 heterocycles. The second-order valence-electron chi connectivity index (χ2n) is 5.96. The first-order valence-electron chi connectivity index (χ1n) is 7.72. The smallest absolute Gasteiger partial charge is 0.120 e. The molecule has 2 aromatic carbocycles. The lowest BCUT2D eigenvalue weighted by Crippen LogP contribution is -2.16. The van der Waals surface area contributed by atoms with Crippen LogP contribution in [0, 0.1) is 13.8 Å². The Morgan fingerprint density at radius 2 is 1.76 bits per heavy atom. The summed E-state index contributed by atoms with van der Waals surface area (Å²) in [6.07, 6.45) is 2.64. The minimum absolute atomic E-state index is 0.630. The second kappa shape index (κ2) is 6.31. The Labute approximate surface area is 127 Å². The van der Waals surface area contributed by atoms with Crippen molar-refractivity contribution in [3.8, 4) is 5.75 Å². The number of hydrogen-bond acceptors (Lipinski definition) is 2. The average molecular weight is 281 g/mol. The van der Waals surface area contributed by atoms with Crippen molar-refractivity contribution in [3.05, 3.63) is 64.7 Å². The van der Waals surface area contributed by atoms with E-state index in [0.29, 0.717) is 6.61 Å². The van der Waals surface area contributed by atoms with E-state index in [9.17, 15) is 0 Å². The first kappa shape index (κ1) is 14.2.